The first-order valence-electron chi connectivity index (χ1n) is 7.80. The van der Waals surface area contributed by atoms with E-state index in [1.807, 2.05) is 0 Å². The van der Waals surface area contributed by atoms with Crippen LogP contribution in [0, 0.1) is 10.1 Å². The minimum atomic E-state index is -1.13. The van der Waals surface area contributed by atoms with Gasteiger partial charge in [0.15, 0.2) is 17.6 Å². The Hall–Kier alpha value is -3.82. The van der Waals surface area contributed by atoms with E-state index in [1.165, 1.54) is 13.0 Å². The number of fused-ring (bicyclic) bond motifs is 1. The number of amides is 1. The minimum absolute atomic E-state index is 0.0664. The molecule has 1 atom stereocenters. The molecule has 1 amide bonds. The summed E-state index contributed by atoms with van der Waals surface area (Å²) >= 11 is 0. The Morgan fingerprint density at radius 1 is 1.22 bits per heavy atom. The molecule has 0 aliphatic carbocycles. The van der Waals surface area contributed by atoms with Crippen molar-refractivity contribution in [3.8, 4) is 11.5 Å². The number of non-ortho nitro benzene ring substituents is 1. The second-order valence-corrected chi connectivity index (χ2v) is 5.63. The Morgan fingerprint density at radius 2 is 1.96 bits per heavy atom. The van der Waals surface area contributed by atoms with E-state index in [-0.39, 0.29) is 23.7 Å². The van der Waals surface area contributed by atoms with E-state index < -0.39 is 22.9 Å². The molecule has 10 heteroatoms. The topological polar surface area (TPSA) is 143 Å². The number of hydrogen-bond acceptors (Lipinski definition) is 8. The van der Waals surface area contributed by atoms with E-state index >= 15 is 0 Å². The average Bonchev–Trinajstić information content (AvgIpc) is 3.09. The molecule has 27 heavy (non-hydrogen) atoms. The number of carbonyl (C=O) groups excluding carboxylic acids is 2. The number of nitrogens with zero attached hydrogens (tertiary/aromatic N) is 1. The maximum atomic E-state index is 12.2. The van der Waals surface area contributed by atoms with Crippen LogP contribution in [0.3, 0.4) is 0 Å². The highest BCUT2D eigenvalue weighted by Crippen LogP contribution is 2.34. The summed E-state index contributed by atoms with van der Waals surface area (Å²) < 4.78 is 15.5. The molecule has 3 rings (SSSR count). The summed E-state index contributed by atoms with van der Waals surface area (Å²) in [5, 5.41) is 13.3. The van der Waals surface area contributed by atoms with Crippen LogP contribution in [0.4, 0.5) is 17.1 Å². The van der Waals surface area contributed by atoms with E-state index in [0.717, 1.165) is 12.1 Å². The molecular formula is C17H15N3O7. The standard InChI is InChI=1S/C17H15N3O7/c1-9(16(21)19-10-2-5-14-15(6-10)26-8-25-14)27-17(22)12-4-3-11(20(23)24)7-13(12)18/h2-7,9H,8,18H2,1H3,(H,19,21)/t9-/m0/s1. The third kappa shape index (κ3) is 3.89. The van der Waals surface area contributed by atoms with Gasteiger partial charge in [0.25, 0.3) is 11.6 Å². The number of hydrogen-bond donors (Lipinski definition) is 2. The number of esters is 1. The van der Waals surface area contributed by atoms with Crippen molar-refractivity contribution in [1.82, 2.24) is 0 Å². The molecule has 0 saturated carbocycles. The van der Waals surface area contributed by atoms with Crippen LogP contribution >= 0.6 is 0 Å². The monoisotopic (exact) mass is 373 g/mol. The molecule has 0 radical (unpaired) electrons. The number of benzene rings is 2. The lowest BCUT2D eigenvalue weighted by Crippen LogP contribution is -2.30. The van der Waals surface area contributed by atoms with Gasteiger partial charge in [0, 0.05) is 23.9 Å². The summed E-state index contributed by atoms with van der Waals surface area (Å²) in [7, 11) is 0. The molecule has 2 aromatic carbocycles. The van der Waals surface area contributed by atoms with Crippen LogP contribution in [0.25, 0.3) is 0 Å². The number of rotatable bonds is 5. The summed E-state index contributed by atoms with van der Waals surface area (Å²) in [6.45, 7) is 1.50. The molecule has 10 nitrogen and oxygen atoms in total. The van der Waals surface area contributed by atoms with Gasteiger partial charge >= 0.3 is 5.97 Å². The third-order valence-electron chi connectivity index (χ3n) is 3.76. The maximum absolute atomic E-state index is 12.2. The number of nitro benzene ring substituents is 1. The predicted molar refractivity (Wildman–Crippen MR) is 93.6 cm³/mol. The van der Waals surface area contributed by atoms with Crippen molar-refractivity contribution in [2.45, 2.75) is 13.0 Å². The number of ether oxygens (including phenoxy) is 3. The van der Waals surface area contributed by atoms with Gasteiger partial charge in [-0.25, -0.2) is 4.79 Å². The fraction of sp³-hybridized carbons (Fsp3) is 0.176. The van der Waals surface area contributed by atoms with Gasteiger partial charge in [0.2, 0.25) is 6.79 Å². The van der Waals surface area contributed by atoms with Crippen LogP contribution in [0.5, 0.6) is 11.5 Å². The lowest BCUT2D eigenvalue weighted by atomic mass is 10.1. The van der Waals surface area contributed by atoms with Gasteiger partial charge in [-0.1, -0.05) is 0 Å². The van der Waals surface area contributed by atoms with Crippen LogP contribution in [0.1, 0.15) is 17.3 Å². The van der Waals surface area contributed by atoms with Crippen LogP contribution in [0.2, 0.25) is 0 Å². The fourth-order valence-electron chi connectivity index (χ4n) is 2.35. The zero-order valence-corrected chi connectivity index (χ0v) is 14.1. The molecule has 2 aromatic rings. The molecule has 140 valence electrons. The summed E-state index contributed by atoms with van der Waals surface area (Å²) in [6, 6.07) is 8.21. The summed E-state index contributed by atoms with van der Waals surface area (Å²) in [5.74, 6) is -0.365. The second-order valence-electron chi connectivity index (χ2n) is 5.63. The Kier molecular flexibility index (Phi) is 4.79. The first kappa shape index (κ1) is 18.0. The second kappa shape index (κ2) is 7.20. The van der Waals surface area contributed by atoms with Crippen molar-refractivity contribution >= 4 is 28.9 Å². The number of anilines is 2. The van der Waals surface area contributed by atoms with Gasteiger partial charge in [0.05, 0.1) is 16.2 Å². The minimum Gasteiger partial charge on any atom is -0.454 e. The molecular weight excluding hydrogens is 358 g/mol. The van der Waals surface area contributed by atoms with Crippen molar-refractivity contribution in [3.63, 3.8) is 0 Å². The highest BCUT2D eigenvalue weighted by molar-refractivity contribution is 5.99. The molecule has 3 N–H and O–H groups in total. The summed E-state index contributed by atoms with van der Waals surface area (Å²) in [4.78, 5) is 34.5. The number of nitrogens with one attached hydrogen (secondary N) is 1. The van der Waals surface area contributed by atoms with E-state index in [4.69, 9.17) is 19.9 Å². The van der Waals surface area contributed by atoms with E-state index in [0.29, 0.717) is 17.2 Å². The third-order valence-corrected chi connectivity index (χ3v) is 3.76. The summed E-state index contributed by atoms with van der Waals surface area (Å²) in [5.41, 5.74) is 5.67. The van der Waals surface area contributed by atoms with E-state index in [1.54, 1.807) is 18.2 Å². The van der Waals surface area contributed by atoms with Crippen LogP contribution < -0.4 is 20.5 Å². The first-order valence-corrected chi connectivity index (χ1v) is 7.80. The van der Waals surface area contributed by atoms with Gasteiger partial charge in [-0.2, -0.15) is 0 Å². The van der Waals surface area contributed by atoms with Crippen molar-refractivity contribution < 1.29 is 28.7 Å². The van der Waals surface area contributed by atoms with E-state index in [9.17, 15) is 19.7 Å². The normalized spacial score (nSPS) is 12.9. The van der Waals surface area contributed by atoms with Gasteiger partial charge in [-0.05, 0) is 25.1 Å². The SMILES string of the molecule is C[C@H](OC(=O)c1ccc([N+](=O)[O-])cc1N)C(=O)Nc1ccc2c(c1)OCO2. The number of carbonyl (C=O) groups is 2. The van der Waals surface area contributed by atoms with Gasteiger partial charge in [-0.3, -0.25) is 14.9 Å². The Morgan fingerprint density at radius 3 is 2.67 bits per heavy atom. The fourth-order valence-corrected chi connectivity index (χ4v) is 2.35. The zero-order chi connectivity index (χ0) is 19.6. The molecule has 1 aliphatic heterocycles. The largest absolute Gasteiger partial charge is 0.454 e. The molecule has 1 heterocycles. The summed E-state index contributed by atoms with van der Waals surface area (Å²) in [6.07, 6.45) is -1.13. The average molecular weight is 373 g/mol. The van der Waals surface area contributed by atoms with Gasteiger partial charge in [0.1, 0.15) is 0 Å². The molecule has 0 saturated heterocycles. The van der Waals surface area contributed by atoms with Crippen LogP contribution in [-0.2, 0) is 9.53 Å². The quantitative estimate of drug-likeness (QED) is 0.351. The molecule has 0 fully saturated rings. The molecule has 0 bridgehead atoms. The lowest BCUT2D eigenvalue weighted by Gasteiger charge is -2.14. The van der Waals surface area contributed by atoms with Crippen molar-refractivity contribution in [2.75, 3.05) is 17.8 Å². The number of nitrogens with two attached hydrogens (primary N) is 1. The lowest BCUT2D eigenvalue weighted by molar-refractivity contribution is -0.384. The van der Waals surface area contributed by atoms with Crippen molar-refractivity contribution in [1.29, 1.82) is 0 Å². The smallest absolute Gasteiger partial charge is 0.341 e. The Labute approximate surface area is 153 Å². The Balaban J connectivity index is 1.64. The highest BCUT2D eigenvalue weighted by atomic mass is 16.7. The molecule has 1 aliphatic rings. The zero-order valence-electron chi connectivity index (χ0n) is 14.1. The highest BCUT2D eigenvalue weighted by Gasteiger charge is 2.22. The molecule has 0 spiro atoms. The first-order chi connectivity index (χ1) is 12.8. The van der Waals surface area contributed by atoms with Crippen LogP contribution in [0.15, 0.2) is 36.4 Å². The van der Waals surface area contributed by atoms with Crippen molar-refractivity contribution in [3.05, 3.63) is 52.1 Å². The Bertz CT molecular complexity index is 929. The van der Waals surface area contributed by atoms with E-state index in [2.05, 4.69) is 5.32 Å². The number of nitrogen functional groups attached to an aromatic ring is 1. The van der Waals surface area contributed by atoms with Crippen LogP contribution in [-0.4, -0.2) is 29.7 Å². The maximum Gasteiger partial charge on any atom is 0.341 e. The molecule has 0 unspecified atom stereocenters. The number of nitro groups is 1. The van der Waals surface area contributed by atoms with Crippen molar-refractivity contribution in [2.24, 2.45) is 0 Å². The predicted octanol–water partition coefficient (Wildman–Crippen LogP) is 2.09. The molecule has 0 aromatic heterocycles. The van der Waals surface area contributed by atoms with Gasteiger partial charge in [-0.15, -0.1) is 0 Å². The van der Waals surface area contributed by atoms with Gasteiger partial charge < -0.3 is 25.3 Å².